The minimum atomic E-state index is 0.0743. The second kappa shape index (κ2) is 9.28. The maximum absolute atomic E-state index is 11.6. The molecule has 0 bridgehead atoms. The van der Waals surface area contributed by atoms with Gasteiger partial charge in [0.2, 0.25) is 5.56 Å². The van der Waals surface area contributed by atoms with Gasteiger partial charge in [0.15, 0.2) is 5.96 Å². The summed E-state index contributed by atoms with van der Waals surface area (Å²) < 4.78 is 1.76. The van der Waals surface area contributed by atoms with Crippen molar-refractivity contribution in [2.24, 2.45) is 4.99 Å². The Morgan fingerprint density at radius 1 is 1.27 bits per heavy atom. The van der Waals surface area contributed by atoms with Crippen LogP contribution >= 0.6 is 0 Å². The molecule has 0 aliphatic heterocycles. The van der Waals surface area contributed by atoms with E-state index in [2.05, 4.69) is 15.6 Å². The number of hydrogen-bond acceptors (Lipinski definition) is 2. The number of nitrogens with zero attached hydrogens (tertiary/aromatic N) is 2. The molecule has 1 aliphatic carbocycles. The van der Waals surface area contributed by atoms with Crippen LogP contribution in [0.3, 0.4) is 0 Å². The molecule has 0 atom stereocenters. The Hall–Kier alpha value is -1.78. The molecule has 122 valence electrons. The number of aromatic nitrogens is 1. The summed E-state index contributed by atoms with van der Waals surface area (Å²) >= 11 is 0. The smallest absolute Gasteiger partial charge is 0.250 e. The number of rotatable bonds is 6. The number of nitrogens with one attached hydrogen (secondary N) is 2. The number of aliphatic imine (C=N–C) groups is 1. The van der Waals surface area contributed by atoms with Gasteiger partial charge in [0.05, 0.1) is 0 Å². The van der Waals surface area contributed by atoms with E-state index in [0.717, 1.165) is 31.9 Å². The summed E-state index contributed by atoms with van der Waals surface area (Å²) in [5, 5.41) is 6.88. The first kappa shape index (κ1) is 16.6. The van der Waals surface area contributed by atoms with E-state index in [1.165, 1.54) is 32.1 Å². The third-order valence-electron chi connectivity index (χ3n) is 4.19. The van der Waals surface area contributed by atoms with Crippen LogP contribution in [0.2, 0.25) is 0 Å². The highest BCUT2D eigenvalue weighted by Gasteiger charge is 2.13. The van der Waals surface area contributed by atoms with Crippen LogP contribution in [0, 0.1) is 0 Å². The first-order valence-electron chi connectivity index (χ1n) is 8.42. The van der Waals surface area contributed by atoms with Gasteiger partial charge in [0, 0.05) is 38.4 Å². The van der Waals surface area contributed by atoms with Gasteiger partial charge in [-0.15, -0.1) is 0 Å². The van der Waals surface area contributed by atoms with Crippen LogP contribution in [-0.2, 0) is 6.54 Å². The lowest BCUT2D eigenvalue weighted by Crippen LogP contribution is -2.44. The Morgan fingerprint density at radius 2 is 2.09 bits per heavy atom. The molecular weight excluding hydrogens is 276 g/mol. The van der Waals surface area contributed by atoms with Crippen LogP contribution < -0.4 is 16.2 Å². The van der Waals surface area contributed by atoms with Gasteiger partial charge in [-0.1, -0.05) is 25.3 Å². The molecule has 0 saturated heterocycles. The van der Waals surface area contributed by atoms with Gasteiger partial charge in [0.1, 0.15) is 0 Å². The maximum Gasteiger partial charge on any atom is 0.250 e. The van der Waals surface area contributed by atoms with Crippen molar-refractivity contribution >= 4 is 5.96 Å². The number of aryl methyl sites for hydroxylation is 1. The van der Waals surface area contributed by atoms with Crippen LogP contribution in [0.5, 0.6) is 0 Å². The van der Waals surface area contributed by atoms with E-state index in [4.69, 9.17) is 0 Å². The van der Waals surface area contributed by atoms with Gasteiger partial charge in [-0.2, -0.15) is 0 Å². The standard InChI is InChI=1S/C17H28N4O/c1-18-17(20-15-9-3-2-4-10-15)19-12-6-8-14-21-13-7-5-11-16(21)22/h5,7,11,13,15H,2-4,6,8-10,12,14H2,1H3,(H2,18,19,20). The summed E-state index contributed by atoms with van der Waals surface area (Å²) in [4.78, 5) is 15.9. The Labute approximate surface area is 132 Å². The zero-order valence-corrected chi connectivity index (χ0v) is 13.6. The van der Waals surface area contributed by atoms with Crippen LogP contribution in [0.25, 0.3) is 0 Å². The van der Waals surface area contributed by atoms with Crippen molar-refractivity contribution < 1.29 is 0 Å². The predicted octanol–water partition coefficient (Wildman–Crippen LogP) is 2.13. The first-order valence-corrected chi connectivity index (χ1v) is 8.42. The Bertz CT molecular complexity index is 517. The molecule has 0 aromatic carbocycles. The van der Waals surface area contributed by atoms with Crippen LogP contribution in [0.15, 0.2) is 34.2 Å². The summed E-state index contributed by atoms with van der Waals surface area (Å²) in [6.07, 6.45) is 10.3. The van der Waals surface area contributed by atoms with E-state index >= 15 is 0 Å². The molecule has 1 heterocycles. The highest BCUT2D eigenvalue weighted by molar-refractivity contribution is 5.79. The molecule has 1 aromatic heterocycles. The van der Waals surface area contributed by atoms with E-state index in [9.17, 15) is 4.79 Å². The third kappa shape index (κ3) is 5.54. The highest BCUT2D eigenvalue weighted by Crippen LogP contribution is 2.17. The Morgan fingerprint density at radius 3 is 2.82 bits per heavy atom. The second-order valence-corrected chi connectivity index (χ2v) is 5.92. The van der Waals surface area contributed by atoms with Crippen molar-refractivity contribution in [2.75, 3.05) is 13.6 Å². The average molecular weight is 304 g/mol. The van der Waals surface area contributed by atoms with Crippen LogP contribution in [-0.4, -0.2) is 30.2 Å². The van der Waals surface area contributed by atoms with Gasteiger partial charge in [-0.05, 0) is 31.7 Å². The van der Waals surface area contributed by atoms with E-state index in [1.807, 2.05) is 19.3 Å². The molecule has 0 unspecified atom stereocenters. The van der Waals surface area contributed by atoms with E-state index in [1.54, 1.807) is 16.7 Å². The van der Waals surface area contributed by atoms with Gasteiger partial charge in [0.25, 0.3) is 0 Å². The first-order chi connectivity index (χ1) is 10.8. The second-order valence-electron chi connectivity index (χ2n) is 5.92. The molecule has 0 radical (unpaired) electrons. The SMILES string of the molecule is CN=C(NCCCCn1ccccc1=O)NC1CCCCC1. The van der Waals surface area contributed by atoms with Gasteiger partial charge in [-0.3, -0.25) is 9.79 Å². The molecule has 22 heavy (non-hydrogen) atoms. The number of pyridine rings is 1. The molecule has 1 aliphatic rings. The quantitative estimate of drug-likeness (QED) is 0.481. The number of guanidine groups is 1. The zero-order valence-electron chi connectivity index (χ0n) is 13.6. The monoisotopic (exact) mass is 304 g/mol. The average Bonchev–Trinajstić information content (AvgIpc) is 2.56. The van der Waals surface area contributed by atoms with Crippen molar-refractivity contribution in [3.63, 3.8) is 0 Å². The molecule has 5 heteroatoms. The summed E-state index contributed by atoms with van der Waals surface area (Å²) in [6.45, 7) is 1.66. The minimum Gasteiger partial charge on any atom is -0.356 e. The van der Waals surface area contributed by atoms with Gasteiger partial charge in [-0.25, -0.2) is 0 Å². The number of unbranched alkanes of at least 4 members (excludes halogenated alkanes) is 1. The van der Waals surface area contributed by atoms with Crippen LogP contribution in [0.4, 0.5) is 0 Å². The largest absolute Gasteiger partial charge is 0.356 e. The lowest BCUT2D eigenvalue weighted by molar-refractivity contribution is 0.410. The fraction of sp³-hybridized carbons (Fsp3) is 0.647. The fourth-order valence-corrected chi connectivity index (χ4v) is 2.89. The van der Waals surface area contributed by atoms with E-state index in [-0.39, 0.29) is 5.56 Å². The summed E-state index contributed by atoms with van der Waals surface area (Å²) in [6, 6.07) is 5.85. The number of hydrogen-bond donors (Lipinski definition) is 2. The molecule has 1 aromatic rings. The summed E-state index contributed by atoms with van der Waals surface area (Å²) in [5.74, 6) is 0.906. The van der Waals surface area contributed by atoms with E-state index in [0.29, 0.717) is 6.04 Å². The Balaban J connectivity index is 1.62. The Kier molecular flexibility index (Phi) is 7.00. The molecule has 1 fully saturated rings. The lowest BCUT2D eigenvalue weighted by atomic mass is 9.96. The van der Waals surface area contributed by atoms with Gasteiger partial charge < -0.3 is 15.2 Å². The maximum atomic E-state index is 11.6. The highest BCUT2D eigenvalue weighted by atomic mass is 16.1. The van der Waals surface area contributed by atoms with Crippen LogP contribution in [0.1, 0.15) is 44.9 Å². The topological polar surface area (TPSA) is 58.4 Å². The molecule has 2 N–H and O–H groups in total. The van der Waals surface area contributed by atoms with E-state index < -0.39 is 0 Å². The lowest BCUT2D eigenvalue weighted by Gasteiger charge is -2.24. The normalized spacial score (nSPS) is 16.5. The molecule has 5 nitrogen and oxygen atoms in total. The fourth-order valence-electron chi connectivity index (χ4n) is 2.89. The van der Waals surface area contributed by atoms with Crippen molar-refractivity contribution in [1.82, 2.24) is 15.2 Å². The summed E-state index contributed by atoms with van der Waals surface area (Å²) in [7, 11) is 1.82. The summed E-state index contributed by atoms with van der Waals surface area (Å²) in [5.41, 5.74) is 0.0743. The zero-order chi connectivity index (χ0) is 15.6. The van der Waals surface area contributed by atoms with Gasteiger partial charge >= 0.3 is 0 Å². The van der Waals surface area contributed by atoms with Crippen molar-refractivity contribution in [3.05, 3.63) is 34.7 Å². The third-order valence-corrected chi connectivity index (χ3v) is 4.19. The van der Waals surface area contributed by atoms with Crippen molar-refractivity contribution in [1.29, 1.82) is 0 Å². The van der Waals surface area contributed by atoms with Crippen molar-refractivity contribution in [3.8, 4) is 0 Å². The molecule has 1 saturated carbocycles. The predicted molar refractivity (Wildman–Crippen MR) is 91.3 cm³/mol. The minimum absolute atomic E-state index is 0.0743. The molecule has 0 amide bonds. The molecular formula is C17H28N4O. The molecule has 2 rings (SSSR count). The molecule has 0 spiro atoms. The van der Waals surface area contributed by atoms with Crippen molar-refractivity contribution in [2.45, 2.75) is 57.5 Å².